The van der Waals surface area contributed by atoms with E-state index in [1.54, 1.807) is 10.9 Å². The molecule has 108 valence electrons. The Balaban J connectivity index is 2.43. The first kappa shape index (κ1) is 15.6. The third-order valence-corrected chi connectivity index (χ3v) is 3.57. The van der Waals surface area contributed by atoms with Crippen molar-refractivity contribution >= 4 is 15.7 Å². The van der Waals surface area contributed by atoms with Gasteiger partial charge in [-0.25, -0.2) is 8.42 Å². The zero-order valence-corrected chi connectivity index (χ0v) is 11.9. The van der Waals surface area contributed by atoms with E-state index in [9.17, 15) is 13.2 Å². The molecule has 1 unspecified atom stereocenters. The van der Waals surface area contributed by atoms with Gasteiger partial charge in [-0.1, -0.05) is 0 Å². The normalized spacial score (nSPS) is 13.2. The second kappa shape index (κ2) is 6.62. The van der Waals surface area contributed by atoms with Gasteiger partial charge in [0.1, 0.15) is 16.2 Å². The number of aryl methyl sites for hydroxylation is 1. The van der Waals surface area contributed by atoms with E-state index >= 15 is 0 Å². The maximum atomic E-state index is 11.7. The molecule has 1 amide bonds. The maximum Gasteiger partial charge on any atom is 0.237 e. The highest BCUT2D eigenvalue weighted by molar-refractivity contribution is 7.90. The van der Waals surface area contributed by atoms with Gasteiger partial charge in [0.2, 0.25) is 5.91 Å². The highest BCUT2D eigenvalue weighted by Crippen LogP contribution is 1.97. The Labute approximate surface area is 112 Å². The molecule has 0 spiro atoms. The topological polar surface area (TPSA) is 120 Å². The van der Waals surface area contributed by atoms with Crippen LogP contribution in [0.3, 0.4) is 0 Å². The van der Waals surface area contributed by atoms with Crippen molar-refractivity contribution < 1.29 is 13.2 Å². The lowest BCUT2D eigenvalue weighted by Gasteiger charge is -2.11. The van der Waals surface area contributed by atoms with E-state index in [4.69, 9.17) is 5.73 Å². The SMILES string of the molecule is CCn1cnnc1CNC(=O)C(N)CCS(C)(=O)=O. The van der Waals surface area contributed by atoms with E-state index in [1.807, 2.05) is 6.92 Å². The predicted octanol–water partition coefficient (Wildman–Crippen LogP) is -1.32. The number of hydrogen-bond acceptors (Lipinski definition) is 6. The molecule has 0 radical (unpaired) electrons. The Hall–Kier alpha value is -1.48. The molecule has 19 heavy (non-hydrogen) atoms. The first-order valence-corrected chi connectivity index (χ1v) is 7.97. The lowest BCUT2D eigenvalue weighted by Crippen LogP contribution is -2.41. The van der Waals surface area contributed by atoms with E-state index in [0.717, 1.165) is 6.26 Å². The monoisotopic (exact) mass is 289 g/mol. The Kier molecular flexibility index (Phi) is 5.43. The molecule has 0 fully saturated rings. The van der Waals surface area contributed by atoms with Crippen LogP contribution in [-0.2, 0) is 27.7 Å². The van der Waals surface area contributed by atoms with Crippen LogP contribution >= 0.6 is 0 Å². The van der Waals surface area contributed by atoms with Crippen LogP contribution < -0.4 is 11.1 Å². The van der Waals surface area contributed by atoms with Gasteiger partial charge in [0.05, 0.1) is 18.3 Å². The van der Waals surface area contributed by atoms with Crippen LogP contribution in [0.15, 0.2) is 6.33 Å². The lowest BCUT2D eigenvalue weighted by atomic mass is 10.2. The zero-order valence-electron chi connectivity index (χ0n) is 11.0. The number of nitrogens with two attached hydrogens (primary N) is 1. The quantitative estimate of drug-likeness (QED) is 0.642. The molecule has 1 rings (SSSR count). The average molecular weight is 289 g/mol. The summed E-state index contributed by atoms with van der Waals surface area (Å²) in [6.45, 7) is 2.87. The van der Waals surface area contributed by atoms with Gasteiger partial charge in [0.25, 0.3) is 0 Å². The van der Waals surface area contributed by atoms with Gasteiger partial charge in [-0.3, -0.25) is 4.79 Å². The third kappa shape index (κ3) is 5.35. The third-order valence-electron chi connectivity index (χ3n) is 2.59. The van der Waals surface area contributed by atoms with E-state index < -0.39 is 21.8 Å². The van der Waals surface area contributed by atoms with Crippen LogP contribution in [0.5, 0.6) is 0 Å². The minimum absolute atomic E-state index is 0.102. The van der Waals surface area contributed by atoms with Gasteiger partial charge in [-0.2, -0.15) is 0 Å². The second-order valence-corrected chi connectivity index (χ2v) is 6.54. The second-order valence-electron chi connectivity index (χ2n) is 4.28. The van der Waals surface area contributed by atoms with Crippen LogP contribution in [0.1, 0.15) is 19.2 Å². The van der Waals surface area contributed by atoms with Crippen molar-refractivity contribution in [3.63, 3.8) is 0 Å². The standard InChI is InChI=1S/C10H19N5O3S/c1-3-15-7-13-14-9(15)6-12-10(16)8(11)4-5-19(2,17)18/h7-8H,3-6,11H2,1-2H3,(H,12,16). The molecule has 0 aromatic carbocycles. The summed E-state index contributed by atoms with van der Waals surface area (Å²) < 4.78 is 23.7. The number of aromatic nitrogens is 3. The summed E-state index contributed by atoms with van der Waals surface area (Å²) in [6.07, 6.45) is 2.79. The van der Waals surface area contributed by atoms with Crippen LogP contribution in [0, 0.1) is 0 Å². The molecule has 0 aliphatic rings. The number of hydrogen-bond donors (Lipinski definition) is 2. The Morgan fingerprint density at radius 3 is 2.84 bits per heavy atom. The van der Waals surface area contributed by atoms with Crippen molar-refractivity contribution in [2.24, 2.45) is 5.73 Å². The first-order valence-electron chi connectivity index (χ1n) is 5.91. The lowest BCUT2D eigenvalue weighted by molar-refractivity contribution is -0.122. The molecule has 3 N–H and O–H groups in total. The number of carbonyl (C=O) groups is 1. The molecular formula is C10H19N5O3S. The minimum atomic E-state index is -3.11. The molecule has 0 saturated carbocycles. The van der Waals surface area contributed by atoms with E-state index in [1.165, 1.54) is 0 Å². The summed E-state index contributed by atoms with van der Waals surface area (Å²) in [7, 11) is -3.11. The molecule has 8 nitrogen and oxygen atoms in total. The molecule has 0 bridgehead atoms. The van der Waals surface area contributed by atoms with Gasteiger partial charge < -0.3 is 15.6 Å². The molecule has 9 heteroatoms. The van der Waals surface area contributed by atoms with Crippen LogP contribution in [0.25, 0.3) is 0 Å². The number of nitrogens with zero attached hydrogens (tertiary/aromatic N) is 3. The number of amides is 1. The summed E-state index contributed by atoms with van der Waals surface area (Å²) in [4.78, 5) is 11.7. The van der Waals surface area contributed by atoms with Crippen molar-refractivity contribution in [2.45, 2.75) is 32.5 Å². The maximum absolute atomic E-state index is 11.7. The minimum Gasteiger partial charge on any atom is -0.347 e. The fourth-order valence-corrected chi connectivity index (χ4v) is 2.13. The van der Waals surface area contributed by atoms with Gasteiger partial charge in [0.15, 0.2) is 5.82 Å². The Bertz CT molecular complexity index is 525. The van der Waals surface area contributed by atoms with Gasteiger partial charge in [-0.15, -0.1) is 10.2 Å². The van der Waals surface area contributed by atoms with E-state index in [-0.39, 0.29) is 18.7 Å². The molecule has 1 aromatic heterocycles. The van der Waals surface area contributed by atoms with Gasteiger partial charge >= 0.3 is 0 Å². The smallest absolute Gasteiger partial charge is 0.237 e. The molecule has 1 aromatic rings. The van der Waals surface area contributed by atoms with Crippen molar-refractivity contribution in [3.8, 4) is 0 Å². The zero-order chi connectivity index (χ0) is 14.5. The highest BCUT2D eigenvalue weighted by Gasteiger charge is 2.16. The van der Waals surface area contributed by atoms with E-state index in [2.05, 4.69) is 15.5 Å². The number of rotatable bonds is 7. The predicted molar refractivity (Wildman–Crippen MR) is 69.8 cm³/mol. The van der Waals surface area contributed by atoms with Crippen molar-refractivity contribution in [1.29, 1.82) is 0 Å². The number of carbonyl (C=O) groups excluding carboxylic acids is 1. The van der Waals surface area contributed by atoms with Gasteiger partial charge in [0, 0.05) is 12.8 Å². The number of sulfone groups is 1. The Morgan fingerprint density at radius 2 is 2.26 bits per heavy atom. The summed E-state index contributed by atoms with van der Waals surface area (Å²) in [6, 6.07) is -0.840. The highest BCUT2D eigenvalue weighted by atomic mass is 32.2. The van der Waals surface area contributed by atoms with Gasteiger partial charge in [-0.05, 0) is 13.3 Å². The molecule has 0 aliphatic carbocycles. The molecule has 0 aliphatic heterocycles. The van der Waals surface area contributed by atoms with Crippen LogP contribution in [0.2, 0.25) is 0 Å². The summed E-state index contributed by atoms with van der Waals surface area (Å²) in [5.74, 6) is 0.132. The van der Waals surface area contributed by atoms with Crippen molar-refractivity contribution in [3.05, 3.63) is 12.2 Å². The average Bonchev–Trinajstić information content (AvgIpc) is 2.79. The van der Waals surface area contributed by atoms with E-state index in [0.29, 0.717) is 12.4 Å². The molecule has 0 saturated heterocycles. The summed E-state index contributed by atoms with van der Waals surface area (Å²) >= 11 is 0. The summed E-state index contributed by atoms with van der Waals surface area (Å²) in [5.41, 5.74) is 5.62. The molecule has 1 heterocycles. The molecular weight excluding hydrogens is 270 g/mol. The first-order chi connectivity index (χ1) is 8.83. The van der Waals surface area contributed by atoms with Crippen molar-refractivity contribution in [2.75, 3.05) is 12.0 Å². The number of nitrogens with one attached hydrogen (secondary N) is 1. The van der Waals surface area contributed by atoms with Crippen LogP contribution in [0.4, 0.5) is 0 Å². The Morgan fingerprint density at radius 1 is 1.58 bits per heavy atom. The summed E-state index contributed by atoms with van der Waals surface area (Å²) in [5, 5.41) is 10.2. The fourth-order valence-electron chi connectivity index (χ4n) is 1.45. The fraction of sp³-hybridized carbons (Fsp3) is 0.700. The van der Waals surface area contributed by atoms with Crippen LogP contribution in [-0.4, -0.2) is 47.1 Å². The largest absolute Gasteiger partial charge is 0.347 e. The molecule has 1 atom stereocenters. The van der Waals surface area contributed by atoms with Crippen molar-refractivity contribution in [1.82, 2.24) is 20.1 Å².